The highest BCUT2D eigenvalue weighted by molar-refractivity contribution is 6.01. The van der Waals surface area contributed by atoms with Crippen LogP contribution in [0.5, 0.6) is 0 Å². The number of para-hydroxylation sites is 1. The van der Waals surface area contributed by atoms with Gasteiger partial charge in [0.05, 0.1) is 23.6 Å². The number of benzene rings is 1. The van der Waals surface area contributed by atoms with E-state index in [1.165, 1.54) is 0 Å². The van der Waals surface area contributed by atoms with Gasteiger partial charge in [-0.15, -0.1) is 0 Å². The molecule has 1 aliphatic rings. The zero-order valence-electron chi connectivity index (χ0n) is 10.5. The number of rotatable bonds is 1. The fourth-order valence-corrected chi connectivity index (χ4v) is 3.10. The van der Waals surface area contributed by atoms with Gasteiger partial charge in [-0.05, 0) is 25.3 Å². The highest BCUT2D eigenvalue weighted by Crippen LogP contribution is 2.35. The normalized spacial score (nSPS) is 23.4. The Morgan fingerprint density at radius 2 is 2.00 bits per heavy atom. The van der Waals surface area contributed by atoms with Crippen molar-refractivity contribution in [1.82, 2.24) is 14.5 Å². The lowest BCUT2D eigenvalue weighted by molar-refractivity contribution is 0.331. The molecule has 19 heavy (non-hydrogen) atoms. The standard InChI is InChI=1S/C15H14FN3/c16-10-5-6-11(7-10)19-9-18-14-8-17-13-4-2-1-3-12(13)15(14)19/h1-4,8-11H,5-7H2/t10-,11+/m0/s1. The van der Waals surface area contributed by atoms with Crippen LogP contribution in [0, 0.1) is 0 Å². The van der Waals surface area contributed by atoms with Gasteiger partial charge in [0.15, 0.2) is 0 Å². The average Bonchev–Trinajstić information content (AvgIpc) is 3.04. The van der Waals surface area contributed by atoms with Crippen LogP contribution in [0.15, 0.2) is 36.8 Å². The van der Waals surface area contributed by atoms with Crippen molar-refractivity contribution in [3.8, 4) is 0 Å². The number of imidazole rings is 1. The summed E-state index contributed by atoms with van der Waals surface area (Å²) in [7, 11) is 0. The van der Waals surface area contributed by atoms with E-state index in [1.807, 2.05) is 24.5 Å². The Morgan fingerprint density at radius 1 is 1.11 bits per heavy atom. The van der Waals surface area contributed by atoms with Crippen LogP contribution in [-0.4, -0.2) is 20.7 Å². The molecule has 3 nitrogen and oxygen atoms in total. The molecular weight excluding hydrogens is 241 g/mol. The van der Waals surface area contributed by atoms with Crippen molar-refractivity contribution >= 4 is 21.9 Å². The molecule has 0 aliphatic heterocycles. The van der Waals surface area contributed by atoms with E-state index < -0.39 is 6.17 Å². The predicted octanol–water partition coefficient (Wildman–Crippen LogP) is 3.65. The Balaban J connectivity index is 1.98. The van der Waals surface area contributed by atoms with E-state index in [9.17, 15) is 4.39 Å². The summed E-state index contributed by atoms with van der Waals surface area (Å²) in [4.78, 5) is 8.83. The molecule has 96 valence electrons. The molecule has 0 bridgehead atoms. The molecule has 0 unspecified atom stereocenters. The number of pyridine rings is 1. The largest absolute Gasteiger partial charge is 0.327 e. The van der Waals surface area contributed by atoms with Gasteiger partial charge < -0.3 is 4.57 Å². The van der Waals surface area contributed by atoms with Gasteiger partial charge >= 0.3 is 0 Å². The number of hydrogen-bond donors (Lipinski definition) is 0. The highest BCUT2D eigenvalue weighted by atomic mass is 19.1. The highest BCUT2D eigenvalue weighted by Gasteiger charge is 2.27. The van der Waals surface area contributed by atoms with Crippen molar-refractivity contribution in [2.24, 2.45) is 0 Å². The maximum atomic E-state index is 13.4. The fourth-order valence-electron chi connectivity index (χ4n) is 3.10. The van der Waals surface area contributed by atoms with E-state index in [-0.39, 0.29) is 6.04 Å². The Labute approximate surface area is 110 Å². The Kier molecular flexibility index (Phi) is 2.31. The molecule has 2 atom stereocenters. The zero-order valence-corrected chi connectivity index (χ0v) is 10.5. The van der Waals surface area contributed by atoms with Crippen LogP contribution in [0.25, 0.3) is 21.9 Å². The lowest BCUT2D eigenvalue weighted by atomic mass is 10.1. The van der Waals surface area contributed by atoms with Gasteiger partial charge in [-0.3, -0.25) is 4.98 Å². The molecule has 1 saturated carbocycles. The molecule has 2 aromatic heterocycles. The number of alkyl halides is 1. The summed E-state index contributed by atoms with van der Waals surface area (Å²) in [6, 6.07) is 8.28. The van der Waals surface area contributed by atoms with Crippen molar-refractivity contribution in [3.63, 3.8) is 0 Å². The van der Waals surface area contributed by atoms with Crippen molar-refractivity contribution in [3.05, 3.63) is 36.8 Å². The van der Waals surface area contributed by atoms with Crippen LogP contribution in [0.1, 0.15) is 25.3 Å². The second-order valence-electron chi connectivity index (χ2n) is 5.23. The number of fused-ring (bicyclic) bond motifs is 3. The van der Waals surface area contributed by atoms with Crippen LogP contribution in [0.4, 0.5) is 4.39 Å². The molecule has 0 N–H and O–H groups in total. The minimum atomic E-state index is -0.671. The molecule has 2 heterocycles. The monoisotopic (exact) mass is 255 g/mol. The third kappa shape index (κ3) is 1.63. The van der Waals surface area contributed by atoms with Crippen molar-refractivity contribution in [1.29, 1.82) is 0 Å². The van der Waals surface area contributed by atoms with Gasteiger partial charge in [-0.1, -0.05) is 18.2 Å². The molecule has 0 radical (unpaired) electrons. The Hall–Kier alpha value is -1.97. The number of nitrogens with zero attached hydrogens (tertiary/aromatic N) is 3. The molecule has 1 aliphatic carbocycles. The first-order chi connectivity index (χ1) is 9.33. The molecule has 0 saturated heterocycles. The van der Waals surface area contributed by atoms with E-state index in [0.717, 1.165) is 28.4 Å². The van der Waals surface area contributed by atoms with Crippen molar-refractivity contribution in [2.75, 3.05) is 0 Å². The number of halogens is 1. The van der Waals surface area contributed by atoms with Gasteiger partial charge in [0, 0.05) is 11.4 Å². The van der Waals surface area contributed by atoms with Crippen LogP contribution in [-0.2, 0) is 0 Å². The van der Waals surface area contributed by atoms with Crippen molar-refractivity contribution in [2.45, 2.75) is 31.5 Å². The molecule has 4 heteroatoms. The summed E-state index contributed by atoms with van der Waals surface area (Å²) in [5.41, 5.74) is 2.94. The first-order valence-corrected chi connectivity index (χ1v) is 6.67. The zero-order chi connectivity index (χ0) is 12.8. The van der Waals surface area contributed by atoms with Crippen molar-refractivity contribution < 1.29 is 4.39 Å². The third-order valence-electron chi connectivity index (χ3n) is 4.04. The molecule has 0 amide bonds. The van der Waals surface area contributed by atoms with Crippen LogP contribution in [0.2, 0.25) is 0 Å². The average molecular weight is 255 g/mol. The van der Waals surface area contributed by atoms with Gasteiger partial charge in [0.2, 0.25) is 0 Å². The molecule has 1 aromatic carbocycles. The van der Waals surface area contributed by atoms with Crippen LogP contribution in [0.3, 0.4) is 0 Å². The SMILES string of the molecule is F[C@H]1CC[C@@H](n2cnc3cnc4ccccc4c32)C1. The minimum absolute atomic E-state index is 0.228. The Bertz CT molecular complexity index is 749. The second-order valence-corrected chi connectivity index (χ2v) is 5.23. The molecular formula is C15H14FN3. The summed E-state index contributed by atoms with van der Waals surface area (Å²) in [5, 5.41) is 1.10. The smallest absolute Gasteiger partial charge is 0.107 e. The Morgan fingerprint density at radius 3 is 2.84 bits per heavy atom. The number of aromatic nitrogens is 3. The lowest BCUT2D eigenvalue weighted by Crippen LogP contribution is -2.04. The second kappa shape index (κ2) is 4.02. The quantitative estimate of drug-likeness (QED) is 0.664. The lowest BCUT2D eigenvalue weighted by Gasteiger charge is -2.13. The maximum Gasteiger partial charge on any atom is 0.107 e. The van der Waals surface area contributed by atoms with E-state index in [0.29, 0.717) is 12.8 Å². The summed E-state index contributed by atoms with van der Waals surface area (Å²) in [6.07, 6.45) is 5.12. The van der Waals surface area contributed by atoms with Gasteiger partial charge in [0.1, 0.15) is 11.7 Å². The predicted molar refractivity (Wildman–Crippen MR) is 72.8 cm³/mol. The van der Waals surface area contributed by atoms with E-state index in [2.05, 4.69) is 20.6 Å². The maximum absolute atomic E-state index is 13.4. The van der Waals surface area contributed by atoms with Gasteiger partial charge in [-0.25, -0.2) is 9.37 Å². The van der Waals surface area contributed by atoms with Crippen LogP contribution < -0.4 is 0 Å². The summed E-state index contributed by atoms with van der Waals surface area (Å²) >= 11 is 0. The van der Waals surface area contributed by atoms with E-state index in [1.54, 1.807) is 6.20 Å². The van der Waals surface area contributed by atoms with E-state index >= 15 is 0 Å². The van der Waals surface area contributed by atoms with Gasteiger partial charge in [0.25, 0.3) is 0 Å². The first-order valence-electron chi connectivity index (χ1n) is 6.67. The summed E-state index contributed by atoms with van der Waals surface area (Å²) in [6.45, 7) is 0. The molecule has 3 aromatic rings. The van der Waals surface area contributed by atoms with Crippen LogP contribution >= 0.6 is 0 Å². The molecule has 1 fully saturated rings. The van der Waals surface area contributed by atoms with E-state index in [4.69, 9.17) is 0 Å². The summed E-state index contributed by atoms with van der Waals surface area (Å²) in [5.74, 6) is 0. The fraction of sp³-hybridized carbons (Fsp3) is 0.333. The minimum Gasteiger partial charge on any atom is -0.327 e. The molecule has 4 rings (SSSR count). The summed E-state index contributed by atoms with van der Waals surface area (Å²) < 4.78 is 15.6. The molecule has 0 spiro atoms. The number of hydrogen-bond acceptors (Lipinski definition) is 2. The first kappa shape index (κ1) is 10.9. The third-order valence-corrected chi connectivity index (χ3v) is 4.04. The van der Waals surface area contributed by atoms with Gasteiger partial charge in [-0.2, -0.15) is 0 Å². The topological polar surface area (TPSA) is 30.7 Å².